The highest BCUT2D eigenvalue weighted by atomic mass is 28.4. The van der Waals surface area contributed by atoms with Crippen LogP contribution in [0.5, 0.6) is 0 Å². The van der Waals surface area contributed by atoms with Crippen LogP contribution in [0.1, 0.15) is 33.6 Å². The number of aliphatic hydroxyl groups is 1. The predicted octanol–water partition coefficient (Wildman–Crippen LogP) is 2.10. The standard InChI is InChI=1S/C16H26FNO5Si/c1-16(2,3)24(4,5)22-9-13-12(20)7-15(23-13)18-8-10(17)11(19)6-14(18)21/h8,12-13,15,20H,6-7,9H2,1-5H3/t12-,13+,15+/m1/s1. The van der Waals surface area contributed by atoms with E-state index in [4.69, 9.17) is 9.16 Å². The number of amides is 1. The number of carbonyl (C=O) groups is 2. The molecule has 2 heterocycles. The minimum Gasteiger partial charge on any atom is -0.414 e. The van der Waals surface area contributed by atoms with Gasteiger partial charge < -0.3 is 14.3 Å². The van der Waals surface area contributed by atoms with Crippen molar-refractivity contribution in [2.24, 2.45) is 0 Å². The Kier molecular flexibility index (Phi) is 5.34. The van der Waals surface area contributed by atoms with Gasteiger partial charge >= 0.3 is 0 Å². The summed E-state index contributed by atoms with van der Waals surface area (Å²) in [6.07, 6.45) is -1.64. The minimum absolute atomic E-state index is 0.0328. The first-order chi connectivity index (χ1) is 10.9. The zero-order valence-corrected chi connectivity index (χ0v) is 15.8. The second-order valence-corrected chi connectivity index (χ2v) is 12.7. The summed E-state index contributed by atoms with van der Waals surface area (Å²) in [6, 6.07) is 0. The van der Waals surface area contributed by atoms with Gasteiger partial charge in [-0.3, -0.25) is 14.5 Å². The fourth-order valence-corrected chi connectivity index (χ4v) is 3.38. The van der Waals surface area contributed by atoms with Crippen molar-refractivity contribution >= 4 is 20.0 Å². The number of halogens is 1. The van der Waals surface area contributed by atoms with Crippen molar-refractivity contribution in [3.63, 3.8) is 0 Å². The molecule has 24 heavy (non-hydrogen) atoms. The van der Waals surface area contributed by atoms with E-state index in [0.29, 0.717) is 0 Å². The van der Waals surface area contributed by atoms with E-state index in [1.54, 1.807) is 0 Å². The Bertz CT molecular complexity index is 557. The molecule has 0 bridgehead atoms. The zero-order chi connectivity index (χ0) is 18.3. The van der Waals surface area contributed by atoms with Crippen LogP contribution in [0.2, 0.25) is 18.1 Å². The van der Waals surface area contributed by atoms with Crippen molar-refractivity contribution in [2.45, 2.75) is 70.2 Å². The Morgan fingerprint density at radius 3 is 2.62 bits per heavy atom. The Balaban J connectivity index is 2.00. The molecule has 2 aliphatic rings. The number of aliphatic hydroxyl groups excluding tert-OH is 1. The van der Waals surface area contributed by atoms with Crippen LogP contribution >= 0.6 is 0 Å². The van der Waals surface area contributed by atoms with Gasteiger partial charge in [0.25, 0.3) is 0 Å². The molecule has 1 fully saturated rings. The van der Waals surface area contributed by atoms with Crippen LogP contribution < -0.4 is 0 Å². The normalized spacial score (nSPS) is 29.2. The molecule has 0 aliphatic carbocycles. The van der Waals surface area contributed by atoms with Crippen LogP contribution in [0.25, 0.3) is 0 Å². The molecule has 0 unspecified atom stereocenters. The van der Waals surface area contributed by atoms with E-state index in [2.05, 4.69) is 33.9 Å². The Morgan fingerprint density at radius 1 is 1.42 bits per heavy atom. The molecule has 2 rings (SSSR count). The topological polar surface area (TPSA) is 76.1 Å². The van der Waals surface area contributed by atoms with Crippen molar-refractivity contribution < 1.29 is 28.2 Å². The van der Waals surface area contributed by atoms with Gasteiger partial charge in [0.05, 0.1) is 19.1 Å². The molecule has 6 nitrogen and oxygen atoms in total. The number of rotatable bonds is 4. The van der Waals surface area contributed by atoms with E-state index in [-0.39, 0.29) is 18.1 Å². The minimum atomic E-state index is -1.99. The summed E-state index contributed by atoms with van der Waals surface area (Å²) < 4.78 is 25.2. The van der Waals surface area contributed by atoms with E-state index in [1.807, 2.05) is 0 Å². The van der Waals surface area contributed by atoms with E-state index in [9.17, 15) is 19.1 Å². The summed E-state index contributed by atoms with van der Waals surface area (Å²) in [7, 11) is -1.99. The second-order valence-electron chi connectivity index (χ2n) is 7.88. The third-order valence-corrected chi connectivity index (χ3v) is 9.55. The molecular formula is C16H26FNO5Si. The Morgan fingerprint density at radius 2 is 2.04 bits per heavy atom. The lowest BCUT2D eigenvalue weighted by Crippen LogP contribution is -2.44. The Labute approximate surface area is 142 Å². The van der Waals surface area contributed by atoms with Gasteiger partial charge in [0.1, 0.15) is 12.3 Å². The molecule has 0 radical (unpaired) electrons. The lowest BCUT2D eigenvalue weighted by molar-refractivity contribution is -0.145. The molecule has 1 saturated heterocycles. The first kappa shape index (κ1) is 19.2. The van der Waals surface area contributed by atoms with Gasteiger partial charge in [0.2, 0.25) is 11.7 Å². The van der Waals surface area contributed by atoms with Crippen LogP contribution in [0.4, 0.5) is 4.39 Å². The lowest BCUT2D eigenvalue weighted by atomic mass is 10.1. The summed E-state index contributed by atoms with van der Waals surface area (Å²) in [5.74, 6) is -2.31. The first-order valence-electron chi connectivity index (χ1n) is 8.11. The first-order valence-corrected chi connectivity index (χ1v) is 11.0. The number of ether oxygens (including phenoxy) is 1. The van der Waals surface area contributed by atoms with Crippen molar-refractivity contribution in [3.05, 3.63) is 12.0 Å². The summed E-state index contributed by atoms with van der Waals surface area (Å²) in [4.78, 5) is 24.2. The van der Waals surface area contributed by atoms with Crippen molar-refractivity contribution in [1.82, 2.24) is 4.90 Å². The monoisotopic (exact) mass is 359 g/mol. The fraction of sp³-hybridized carbons (Fsp3) is 0.750. The molecular weight excluding hydrogens is 333 g/mol. The van der Waals surface area contributed by atoms with Crippen LogP contribution in [0, 0.1) is 0 Å². The molecule has 0 saturated carbocycles. The predicted molar refractivity (Wildman–Crippen MR) is 88.1 cm³/mol. The molecule has 0 aromatic rings. The summed E-state index contributed by atoms with van der Waals surface area (Å²) in [5, 5.41) is 10.2. The maximum Gasteiger partial charge on any atom is 0.236 e. The van der Waals surface area contributed by atoms with Gasteiger partial charge in [-0.25, -0.2) is 4.39 Å². The van der Waals surface area contributed by atoms with Crippen LogP contribution in [-0.2, 0) is 18.8 Å². The molecule has 1 amide bonds. The molecule has 0 aromatic carbocycles. The van der Waals surface area contributed by atoms with Crippen molar-refractivity contribution in [2.75, 3.05) is 6.61 Å². The van der Waals surface area contributed by atoms with E-state index in [1.165, 1.54) is 0 Å². The SMILES string of the molecule is CC(C)(C)[Si](C)(C)OC[C@@H]1O[C@H](N2C=C(F)C(=O)CC2=O)C[C@H]1O. The number of Topliss-reactive ketones (excluding diaryl/α,β-unsaturated/α-hetero) is 1. The summed E-state index contributed by atoms with van der Waals surface area (Å²) in [5.41, 5.74) is 0. The quantitative estimate of drug-likeness (QED) is 0.614. The van der Waals surface area contributed by atoms with Gasteiger partial charge in [-0.15, -0.1) is 0 Å². The third kappa shape index (κ3) is 3.93. The van der Waals surface area contributed by atoms with E-state index in [0.717, 1.165) is 11.1 Å². The largest absolute Gasteiger partial charge is 0.414 e. The van der Waals surface area contributed by atoms with Crippen LogP contribution in [0.15, 0.2) is 12.0 Å². The van der Waals surface area contributed by atoms with Crippen molar-refractivity contribution in [3.8, 4) is 0 Å². The average molecular weight is 359 g/mol. The van der Waals surface area contributed by atoms with Gasteiger partial charge in [-0.1, -0.05) is 20.8 Å². The maximum absolute atomic E-state index is 13.5. The average Bonchev–Trinajstić information content (AvgIpc) is 2.80. The number of carbonyl (C=O) groups excluding carboxylic acids is 2. The van der Waals surface area contributed by atoms with Crippen molar-refractivity contribution in [1.29, 1.82) is 0 Å². The molecule has 8 heteroatoms. The highest BCUT2D eigenvalue weighted by Gasteiger charge is 2.43. The van der Waals surface area contributed by atoms with E-state index < -0.39 is 50.7 Å². The highest BCUT2D eigenvalue weighted by molar-refractivity contribution is 6.74. The van der Waals surface area contributed by atoms with E-state index >= 15 is 0 Å². The zero-order valence-electron chi connectivity index (χ0n) is 14.8. The lowest BCUT2D eigenvalue weighted by Gasteiger charge is -2.37. The molecule has 0 spiro atoms. The molecule has 0 aromatic heterocycles. The van der Waals surface area contributed by atoms with Gasteiger partial charge in [-0.2, -0.15) is 0 Å². The Hall–Kier alpha value is -1.09. The van der Waals surface area contributed by atoms with Gasteiger partial charge in [0, 0.05) is 12.6 Å². The maximum atomic E-state index is 13.5. The molecule has 3 atom stereocenters. The summed E-state index contributed by atoms with van der Waals surface area (Å²) in [6.45, 7) is 10.8. The molecule has 1 N–H and O–H groups in total. The van der Waals surface area contributed by atoms with Crippen LogP contribution in [0.3, 0.4) is 0 Å². The third-order valence-electron chi connectivity index (χ3n) is 5.05. The van der Waals surface area contributed by atoms with Gasteiger partial charge in [-0.05, 0) is 18.1 Å². The number of ketones is 1. The number of nitrogens with zero attached hydrogens (tertiary/aromatic N) is 1. The summed E-state index contributed by atoms with van der Waals surface area (Å²) >= 11 is 0. The fourth-order valence-electron chi connectivity index (χ4n) is 2.37. The van der Waals surface area contributed by atoms with Gasteiger partial charge in [0.15, 0.2) is 14.1 Å². The number of allylic oxidation sites excluding steroid dienone is 1. The highest BCUT2D eigenvalue weighted by Crippen LogP contribution is 2.37. The van der Waals surface area contributed by atoms with Crippen LogP contribution in [-0.4, -0.2) is 55.1 Å². The number of hydrogen-bond donors (Lipinski definition) is 1. The second kappa shape index (κ2) is 6.66. The number of hydrogen-bond acceptors (Lipinski definition) is 5. The molecule has 136 valence electrons. The smallest absolute Gasteiger partial charge is 0.236 e. The molecule has 2 aliphatic heterocycles.